The van der Waals surface area contributed by atoms with Gasteiger partial charge in [0.1, 0.15) is 0 Å². The van der Waals surface area contributed by atoms with Gasteiger partial charge in [-0.05, 0) is 39.2 Å². The van der Waals surface area contributed by atoms with E-state index < -0.39 is 6.43 Å². The number of aliphatic imine (C=N–C) groups is 1. The molecule has 28 heavy (non-hydrogen) atoms. The molecule has 158 valence electrons. The number of nitrogens with one attached hydrogen (secondary N) is 3. The zero-order valence-corrected chi connectivity index (χ0v) is 16.6. The molecule has 1 aliphatic heterocycles. The Morgan fingerprint density at radius 2 is 2.11 bits per heavy atom. The number of halogens is 2. The highest BCUT2D eigenvalue weighted by Gasteiger charge is 2.21. The molecular weight excluding hydrogens is 368 g/mol. The van der Waals surface area contributed by atoms with E-state index in [9.17, 15) is 13.6 Å². The van der Waals surface area contributed by atoms with E-state index in [1.807, 2.05) is 13.8 Å². The van der Waals surface area contributed by atoms with Crippen molar-refractivity contribution in [2.75, 3.05) is 39.3 Å². The number of amides is 1. The van der Waals surface area contributed by atoms with Gasteiger partial charge in [0.2, 0.25) is 0 Å². The van der Waals surface area contributed by atoms with Crippen molar-refractivity contribution in [2.45, 2.75) is 45.6 Å². The highest BCUT2D eigenvalue weighted by molar-refractivity contribution is 5.92. The van der Waals surface area contributed by atoms with Crippen LogP contribution in [0.1, 0.15) is 42.3 Å². The van der Waals surface area contributed by atoms with Gasteiger partial charge in [0, 0.05) is 44.3 Å². The SMILES string of the molecule is CCNC(=NCCCNC(=O)c1occc1C)NC1CCN(CC(F)F)CC1. The molecule has 2 rings (SSSR count). The molecule has 0 spiro atoms. The number of guanidine groups is 1. The Morgan fingerprint density at radius 3 is 2.71 bits per heavy atom. The van der Waals surface area contributed by atoms with Crippen LogP contribution in [-0.4, -0.2) is 68.5 Å². The monoisotopic (exact) mass is 399 g/mol. The number of carbonyl (C=O) groups is 1. The van der Waals surface area contributed by atoms with Gasteiger partial charge in [-0.2, -0.15) is 0 Å². The largest absolute Gasteiger partial charge is 0.459 e. The number of likely N-dealkylation sites (tertiary alicyclic amines) is 1. The normalized spacial score (nSPS) is 16.4. The number of aryl methyl sites for hydroxylation is 1. The van der Waals surface area contributed by atoms with Crippen LogP contribution >= 0.6 is 0 Å². The van der Waals surface area contributed by atoms with Gasteiger partial charge >= 0.3 is 0 Å². The van der Waals surface area contributed by atoms with Crippen LogP contribution in [0.15, 0.2) is 21.7 Å². The third-order valence-electron chi connectivity index (χ3n) is 4.63. The first-order chi connectivity index (χ1) is 13.5. The van der Waals surface area contributed by atoms with Gasteiger partial charge in [0.05, 0.1) is 12.8 Å². The highest BCUT2D eigenvalue weighted by Crippen LogP contribution is 2.12. The Bertz CT molecular complexity index is 628. The van der Waals surface area contributed by atoms with E-state index in [4.69, 9.17) is 4.42 Å². The van der Waals surface area contributed by atoms with Gasteiger partial charge in [-0.3, -0.25) is 14.7 Å². The van der Waals surface area contributed by atoms with E-state index in [0.717, 1.165) is 30.9 Å². The number of piperidine rings is 1. The number of carbonyl (C=O) groups excluding carboxylic acids is 1. The van der Waals surface area contributed by atoms with E-state index in [-0.39, 0.29) is 18.5 Å². The molecule has 0 saturated carbocycles. The first kappa shape index (κ1) is 22.1. The van der Waals surface area contributed by atoms with Crippen LogP contribution in [0.5, 0.6) is 0 Å². The smallest absolute Gasteiger partial charge is 0.287 e. The van der Waals surface area contributed by atoms with Gasteiger partial charge in [-0.1, -0.05) is 0 Å². The lowest BCUT2D eigenvalue weighted by Crippen LogP contribution is -2.49. The Hall–Kier alpha value is -2.16. The fourth-order valence-corrected chi connectivity index (χ4v) is 3.13. The van der Waals surface area contributed by atoms with Crippen LogP contribution in [0, 0.1) is 6.92 Å². The zero-order valence-electron chi connectivity index (χ0n) is 16.6. The maximum absolute atomic E-state index is 12.5. The lowest BCUT2D eigenvalue weighted by molar-refractivity contribution is 0.0744. The first-order valence-corrected chi connectivity index (χ1v) is 9.87. The number of nitrogens with zero attached hydrogens (tertiary/aromatic N) is 2. The Labute approximate surface area is 164 Å². The minimum atomic E-state index is -2.28. The van der Waals surface area contributed by atoms with Crippen LogP contribution < -0.4 is 16.0 Å². The van der Waals surface area contributed by atoms with E-state index in [2.05, 4.69) is 20.9 Å². The molecule has 0 aromatic carbocycles. The summed E-state index contributed by atoms with van der Waals surface area (Å²) >= 11 is 0. The van der Waals surface area contributed by atoms with Gasteiger partial charge in [0.15, 0.2) is 11.7 Å². The predicted octanol–water partition coefficient (Wildman–Crippen LogP) is 1.99. The molecule has 1 fully saturated rings. The van der Waals surface area contributed by atoms with Gasteiger partial charge in [-0.25, -0.2) is 8.78 Å². The Kier molecular flexibility index (Phi) is 9.19. The summed E-state index contributed by atoms with van der Waals surface area (Å²) in [6.45, 7) is 6.82. The van der Waals surface area contributed by atoms with Crippen LogP contribution in [-0.2, 0) is 0 Å². The van der Waals surface area contributed by atoms with Crippen molar-refractivity contribution >= 4 is 11.9 Å². The van der Waals surface area contributed by atoms with Crippen LogP contribution in [0.25, 0.3) is 0 Å². The average molecular weight is 399 g/mol. The number of hydrogen-bond acceptors (Lipinski definition) is 4. The molecule has 0 unspecified atom stereocenters. The summed E-state index contributed by atoms with van der Waals surface area (Å²) in [4.78, 5) is 18.3. The van der Waals surface area contributed by atoms with Crippen molar-refractivity contribution in [2.24, 2.45) is 4.99 Å². The van der Waals surface area contributed by atoms with E-state index >= 15 is 0 Å². The van der Waals surface area contributed by atoms with Crippen molar-refractivity contribution in [1.29, 1.82) is 0 Å². The summed E-state index contributed by atoms with van der Waals surface area (Å²) in [5.41, 5.74) is 0.814. The quantitative estimate of drug-likeness (QED) is 0.336. The predicted molar refractivity (Wildman–Crippen MR) is 105 cm³/mol. The van der Waals surface area contributed by atoms with Crippen molar-refractivity contribution in [1.82, 2.24) is 20.9 Å². The fourth-order valence-electron chi connectivity index (χ4n) is 3.13. The van der Waals surface area contributed by atoms with E-state index in [0.29, 0.717) is 38.4 Å². The zero-order chi connectivity index (χ0) is 20.4. The highest BCUT2D eigenvalue weighted by atomic mass is 19.3. The molecule has 7 nitrogen and oxygen atoms in total. The molecule has 1 aliphatic rings. The standard InChI is InChI=1S/C19H31F2N5O2/c1-3-22-19(25-15-5-10-26(11-6-15)13-16(20)21)24-9-4-8-23-18(27)17-14(2)7-12-28-17/h7,12,15-16H,3-6,8-11,13H2,1-2H3,(H,23,27)(H2,22,24,25). The summed E-state index contributed by atoms with van der Waals surface area (Å²) in [5, 5.41) is 9.41. The third-order valence-corrected chi connectivity index (χ3v) is 4.63. The summed E-state index contributed by atoms with van der Waals surface area (Å²) in [6, 6.07) is 1.99. The van der Waals surface area contributed by atoms with Crippen molar-refractivity contribution in [3.63, 3.8) is 0 Å². The molecule has 1 amide bonds. The van der Waals surface area contributed by atoms with Crippen molar-refractivity contribution in [3.05, 3.63) is 23.7 Å². The average Bonchev–Trinajstić information content (AvgIpc) is 3.08. The molecule has 1 saturated heterocycles. The third kappa shape index (κ3) is 7.46. The molecule has 0 radical (unpaired) electrons. The van der Waals surface area contributed by atoms with Gasteiger partial charge in [-0.15, -0.1) is 0 Å². The lowest BCUT2D eigenvalue weighted by Gasteiger charge is -2.32. The Morgan fingerprint density at radius 1 is 1.36 bits per heavy atom. The summed E-state index contributed by atoms with van der Waals surface area (Å²) in [6.07, 6.45) is 1.56. The number of hydrogen-bond donors (Lipinski definition) is 3. The van der Waals surface area contributed by atoms with Crippen LogP contribution in [0.3, 0.4) is 0 Å². The number of alkyl halides is 2. The van der Waals surface area contributed by atoms with E-state index in [1.54, 1.807) is 11.0 Å². The second-order valence-corrected chi connectivity index (χ2v) is 6.91. The molecule has 2 heterocycles. The van der Waals surface area contributed by atoms with Crippen molar-refractivity contribution < 1.29 is 18.0 Å². The summed E-state index contributed by atoms with van der Waals surface area (Å²) < 4.78 is 30.1. The van der Waals surface area contributed by atoms with Gasteiger partial charge in [0.25, 0.3) is 12.3 Å². The molecule has 0 atom stereocenters. The minimum Gasteiger partial charge on any atom is -0.459 e. The maximum atomic E-state index is 12.5. The molecule has 3 N–H and O–H groups in total. The van der Waals surface area contributed by atoms with Gasteiger partial charge < -0.3 is 20.4 Å². The Balaban J connectivity index is 1.69. The molecule has 1 aromatic rings. The van der Waals surface area contributed by atoms with E-state index in [1.165, 1.54) is 6.26 Å². The topological polar surface area (TPSA) is 81.9 Å². The minimum absolute atomic E-state index is 0.149. The molecule has 1 aromatic heterocycles. The second-order valence-electron chi connectivity index (χ2n) is 6.91. The summed E-state index contributed by atoms with van der Waals surface area (Å²) in [5.74, 6) is 0.853. The molecule has 9 heteroatoms. The van der Waals surface area contributed by atoms with Crippen molar-refractivity contribution in [3.8, 4) is 0 Å². The molecule has 0 aliphatic carbocycles. The lowest BCUT2D eigenvalue weighted by atomic mass is 10.1. The summed E-state index contributed by atoms with van der Waals surface area (Å²) in [7, 11) is 0. The van der Waals surface area contributed by atoms with Crippen LogP contribution in [0.4, 0.5) is 8.78 Å². The number of furan rings is 1. The second kappa shape index (κ2) is 11.6. The number of rotatable bonds is 9. The fraction of sp³-hybridized carbons (Fsp3) is 0.684. The molecule has 0 bridgehead atoms. The first-order valence-electron chi connectivity index (χ1n) is 9.87. The molecular formula is C19H31F2N5O2. The van der Waals surface area contributed by atoms with Crippen LogP contribution in [0.2, 0.25) is 0 Å². The maximum Gasteiger partial charge on any atom is 0.287 e.